The molecule has 0 aliphatic rings. The molecule has 0 bridgehead atoms. The molecule has 0 rings (SSSR count). The number of aliphatic carboxylic acids is 1. The van der Waals surface area contributed by atoms with Gasteiger partial charge in [0.2, 0.25) is 0 Å². The number of hydrogen-bond acceptors (Lipinski definition) is 4. The largest absolute Gasteiger partial charge is 1.00 e. The van der Waals surface area contributed by atoms with Crippen LogP contribution in [0.25, 0.3) is 0 Å². The van der Waals surface area contributed by atoms with Gasteiger partial charge in [0.1, 0.15) is 0 Å². The second kappa shape index (κ2) is 6.35. The zero-order chi connectivity index (χ0) is 7.28. The molecule has 0 heterocycles. The Labute approximate surface area is 64.6 Å². The molecule has 10 heavy (non-hydrogen) atoms. The number of hydrogen-bond donors (Lipinski definition) is 0. The average molecular weight is 167 g/mol. The van der Waals surface area contributed by atoms with Gasteiger partial charge in [-0.05, 0) is 6.42 Å². The third kappa shape index (κ3) is 5.37. The number of carboxylic acid groups (broad SMARTS) is 1. The van der Waals surface area contributed by atoms with Crippen molar-refractivity contribution >= 4 is 11.9 Å². The molecule has 0 spiro atoms. The van der Waals surface area contributed by atoms with E-state index in [0.717, 1.165) is 0 Å². The summed E-state index contributed by atoms with van der Waals surface area (Å²) in [6, 6.07) is 0. The monoisotopic (exact) mass is 166 g/mol. The fourth-order valence-electron chi connectivity index (χ4n) is 0.254. The molecule has 0 aromatic carbocycles. The average Bonchev–Trinajstić information content (AvgIpc) is 1.82. The lowest BCUT2D eigenvalue weighted by molar-refractivity contribution is -0.303. The van der Waals surface area contributed by atoms with E-state index in [4.69, 9.17) is 0 Å². The molecule has 0 amide bonds. The Kier molecular flexibility index (Phi) is 7.60. The topological polar surface area (TPSA) is 66.4 Å². The van der Waals surface area contributed by atoms with E-state index in [0.29, 0.717) is 6.42 Å². The lowest BCUT2D eigenvalue weighted by Crippen LogP contribution is -3.00. The zero-order valence-corrected chi connectivity index (χ0v) is 6.18. The number of esters is 1. The third-order valence-corrected chi connectivity index (χ3v) is 0.604. The van der Waals surface area contributed by atoms with Gasteiger partial charge in [0.25, 0.3) is 0 Å². The lowest BCUT2D eigenvalue weighted by atomic mass is 10.5. The summed E-state index contributed by atoms with van der Waals surface area (Å²) in [6.45, 7) is 1.90. The minimum atomic E-state index is -1.79. The first-order chi connectivity index (χ1) is 4.18. The number of carbonyl (C=O) groups excluding carboxylic acids is 2. The summed E-state index contributed by atoms with van der Waals surface area (Å²) in [5.41, 5.74) is 0. The fraction of sp³-hybridized carbons (Fsp3) is 0.600. The molecule has 5 heteroatoms. The van der Waals surface area contributed by atoms with Crippen LogP contribution < -0.4 is 17.5 Å². The van der Waals surface area contributed by atoms with E-state index in [9.17, 15) is 14.7 Å². The van der Waals surface area contributed by atoms with Gasteiger partial charge in [0, 0.05) is 0 Å². The van der Waals surface area contributed by atoms with Gasteiger partial charge in [0.05, 0.1) is 6.61 Å². The molecule has 0 atom stereocenters. The molecule has 0 N–H and O–H groups in total. The fourth-order valence-corrected chi connectivity index (χ4v) is 0.254. The Morgan fingerprint density at radius 3 is 2.30 bits per heavy atom. The minimum absolute atomic E-state index is 0. The van der Waals surface area contributed by atoms with Crippen molar-refractivity contribution in [1.29, 1.82) is 0 Å². The highest BCUT2D eigenvalue weighted by molar-refractivity contribution is 6.27. The van der Waals surface area contributed by atoms with Gasteiger partial charge in [-0.1, -0.05) is 6.92 Å². The molecule has 0 aliphatic heterocycles. The maximum absolute atomic E-state index is 10.0. The van der Waals surface area contributed by atoms with Gasteiger partial charge in [-0.2, -0.15) is 0 Å². The smallest absolute Gasteiger partial charge is 0.354 e. The number of carbonyl (C=O) groups is 2. The van der Waals surface area contributed by atoms with Crippen molar-refractivity contribution in [2.24, 2.45) is 0 Å². The van der Waals surface area contributed by atoms with Crippen molar-refractivity contribution < 1.29 is 31.8 Å². The Balaban J connectivity index is 0. The quantitative estimate of drug-likeness (QED) is 0.308. The van der Waals surface area contributed by atoms with Crippen LogP contribution in [0.3, 0.4) is 0 Å². The number of ether oxygens (including phenoxy) is 1. The van der Waals surface area contributed by atoms with Crippen LogP contribution in [0.2, 0.25) is 0 Å². The molecule has 4 nitrogen and oxygen atoms in total. The maximum Gasteiger partial charge on any atom is 0.354 e. The van der Waals surface area contributed by atoms with Crippen LogP contribution >= 0.6 is 0 Å². The van der Waals surface area contributed by atoms with Gasteiger partial charge >= 0.3 is 5.97 Å². The highest BCUT2D eigenvalue weighted by Gasteiger charge is 1.99. The molecule has 0 aromatic heterocycles. The summed E-state index contributed by atoms with van der Waals surface area (Å²) < 4.78 is 4.15. The van der Waals surface area contributed by atoms with Crippen molar-refractivity contribution in [2.45, 2.75) is 13.3 Å². The number of rotatable bonds is 2. The Morgan fingerprint density at radius 2 is 2.00 bits per heavy atom. The van der Waals surface area contributed by atoms with Gasteiger partial charge in [-0.3, -0.25) is 0 Å². The van der Waals surface area contributed by atoms with Crippen LogP contribution in [0.15, 0.2) is 0 Å². The van der Waals surface area contributed by atoms with E-state index in [1.54, 1.807) is 6.92 Å². The van der Waals surface area contributed by atoms with Gasteiger partial charge in [-0.15, -0.1) is 0 Å². The molecule has 0 aromatic rings. The second-order valence-corrected chi connectivity index (χ2v) is 1.42. The maximum atomic E-state index is 10.0. The van der Waals surface area contributed by atoms with Crippen molar-refractivity contribution in [1.82, 2.24) is 0 Å². The van der Waals surface area contributed by atoms with E-state index in [-0.39, 0.29) is 19.0 Å². The molecule has 0 saturated heterocycles. The summed E-state index contributed by atoms with van der Waals surface area (Å²) in [7, 11) is 0. The van der Waals surface area contributed by atoms with Gasteiger partial charge < -0.3 is 27.0 Å². The zero-order valence-electron chi connectivity index (χ0n) is 5.43. The summed E-state index contributed by atoms with van der Waals surface area (Å²) in [5.74, 6) is -3.08. The Hall–Kier alpha value is -0.770. The predicted octanol–water partition coefficient (Wildman–Crippen LogP) is -4.31. The van der Waals surface area contributed by atoms with Crippen LogP contribution in [0.5, 0.6) is 0 Å². The highest BCUT2D eigenvalue weighted by Crippen LogP contribution is 1.79. The van der Waals surface area contributed by atoms with Crippen molar-refractivity contribution in [3.63, 3.8) is 0 Å². The van der Waals surface area contributed by atoms with Crippen LogP contribution in [-0.2, 0) is 14.3 Å². The predicted molar refractivity (Wildman–Crippen MR) is 26.3 cm³/mol. The molecular weight excluding hydrogens is 160 g/mol. The van der Waals surface area contributed by atoms with E-state index in [1.165, 1.54) is 0 Å². The van der Waals surface area contributed by atoms with E-state index in [1.807, 2.05) is 0 Å². The summed E-state index contributed by atoms with van der Waals surface area (Å²) in [5, 5.41) is 9.62. The second-order valence-electron chi connectivity index (χ2n) is 1.42. The van der Waals surface area contributed by atoms with E-state index >= 15 is 0 Å². The Morgan fingerprint density at radius 1 is 1.50 bits per heavy atom. The van der Waals surface area contributed by atoms with Crippen LogP contribution in [0, 0.1) is 0 Å². The normalized spacial score (nSPS) is 7.70. The van der Waals surface area contributed by atoms with Gasteiger partial charge in [-0.25, -0.2) is 4.79 Å². The highest BCUT2D eigenvalue weighted by atomic mass is 35.5. The van der Waals surface area contributed by atoms with Crippen molar-refractivity contribution in [2.75, 3.05) is 6.61 Å². The van der Waals surface area contributed by atoms with Crippen LogP contribution in [0.4, 0.5) is 0 Å². The third-order valence-electron chi connectivity index (χ3n) is 0.604. The van der Waals surface area contributed by atoms with E-state index in [2.05, 4.69) is 4.74 Å². The number of halogens is 1. The molecule has 0 aliphatic carbocycles. The van der Waals surface area contributed by atoms with Crippen molar-refractivity contribution in [3.8, 4) is 0 Å². The molecule has 0 unspecified atom stereocenters. The molecule has 0 fully saturated rings. The lowest BCUT2D eigenvalue weighted by Gasteiger charge is -2.00. The standard InChI is InChI=1S/C5H8O4.ClH/c1-2-3-9-5(8)4(6)7;/h2-3H2,1H3,(H,6,7);1H/p-2. The van der Waals surface area contributed by atoms with Gasteiger partial charge in [0.15, 0.2) is 5.97 Å². The van der Waals surface area contributed by atoms with E-state index < -0.39 is 11.9 Å². The Bertz CT molecular complexity index is 123. The number of carboxylic acids is 1. The molecule has 60 valence electrons. The first-order valence-corrected chi connectivity index (χ1v) is 2.56. The summed E-state index contributed by atoms with van der Waals surface area (Å²) in [6.07, 6.45) is 0.610. The van der Waals surface area contributed by atoms with Crippen LogP contribution in [-0.4, -0.2) is 18.5 Å². The SMILES string of the molecule is CCCOC(=O)C(=O)[O-].[Cl-]. The first kappa shape index (κ1) is 12.0. The summed E-state index contributed by atoms with van der Waals surface area (Å²) in [4.78, 5) is 19.6. The first-order valence-electron chi connectivity index (χ1n) is 2.56. The summed E-state index contributed by atoms with van der Waals surface area (Å²) >= 11 is 0. The van der Waals surface area contributed by atoms with Crippen molar-refractivity contribution in [3.05, 3.63) is 0 Å². The molecule has 0 radical (unpaired) electrons. The minimum Gasteiger partial charge on any atom is -1.00 e. The molecular formula is C5H7ClO4-2. The molecule has 0 saturated carbocycles. The van der Waals surface area contributed by atoms with Crippen LogP contribution in [0.1, 0.15) is 13.3 Å².